The Hall–Kier alpha value is -3.15. The van der Waals surface area contributed by atoms with Crippen LogP contribution in [0.15, 0.2) is 48.7 Å². The van der Waals surface area contributed by atoms with E-state index in [4.69, 9.17) is 0 Å². The van der Waals surface area contributed by atoms with Gasteiger partial charge in [-0.3, -0.25) is 14.0 Å². The number of pyridine rings is 1. The second-order valence-electron chi connectivity index (χ2n) is 6.35. The van der Waals surface area contributed by atoms with Crippen molar-refractivity contribution in [3.8, 4) is 0 Å². The maximum Gasteiger partial charge on any atom is 0.287 e. The van der Waals surface area contributed by atoms with E-state index >= 15 is 0 Å². The lowest BCUT2D eigenvalue weighted by atomic mass is 10.1. The van der Waals surface area contributed by atoms with Crippen LogP contribution in [0.1, 0.15) is 53.4 Å². The number of rotatable bonds is 7. The average molecular weight is 364 g/mol. The lowest BCUT2D eigenvalue weighted by Gasteiger charge is -2.04. The number of nitrogens with zero attached hydrogens (tertiary/aromatic N) is 2. The molecule has 0 spiro atoms. The molecule has 0 bridgehead atoms. The first-order chi connectivity index (χ1) is 13.1. The lowest BCUT2D eigenvalue weighted by molar-refractivity contribution is 0.0942. The van der Waals surface area contributed by atoms with Gasteiger partial charge in [0.05, 0.1) is 5.52 Å². The van der Waals surface area contributed by atoms with E-state index in [1.807, 2.05) is 36.4 Å². The number of carbonyl (C=O) groups is 2. The Bertz CT molecular complexity index is 944. The van der Waals surface area contributed by atoms with Gasteiger partial charge in [0, 0.05) is 18.4 Å². The second kappa shape index (κ2) is 8.49. The van der Waals surface area contributed by atoms with Crippen molar-refractivity contribution in [2.24, 2.45) is 0 Å². The maximum atomic E-state index is 12.8. The van der Waals surface area contributed by atoms with Crippen molar-refractivity contribution in [2.75, 3.05) is 11.9 Å². The quantitative estimate of drug-likeness (QED) is 0.628. The number of imidazole rings is 1. The molecule has 140 valence electrons. The number of carbonyl (C=O) groups excluding carboxylic acids is 2. The molecule has 6 heteroatoms. The van der Waals surface area contributed by atoms with Crippen molar-refractivity contribution < 1.29 is 9.59 Å². The molecule has 0 aliphatic carbocycles. The zero-order valence-corrected chi connectivity index (χ0v) is 15.7. The summed E-state index contributed by atoms with van der Waals surface area (Å²) in [7, 11) is 0. The van der Waals surface area contributed by atoms with Crippen LogP contribution >= 0.6 is 0 Å². The molecule has 27 heavy (non-hydrogen) atoms. The molecule has 0 radical (unpaired) electrons. The minimum Gasteiger partial charge on any atom is -0.349 e. The zero-order chi connectivity index (χ0) is 19.2. The molecule has 3 aromatic rings. The average Bonchev–Trinajstić information content (AvgIpc) is 3.09. The van der Waals surface area contributed by atoms with E-state index in [1.165, 1.54) is 5.56 Å². The van der Waals surface area contributed by atoms with E-state index in [1.54, 1.807) is 16.7 Å². The van der Waals surface area contributed by atoms with Gasteiger partial charge in [0.1, 0.15) is 0 Å². The van der Waals surface area contributed by atoms with E-state index in [-0.39, 0.29) is 23.3 Å². The highest BCUT2D eigenvalue weighted by Crippen LogP contribution is 2.16. The zero-order valence-electron chi connectivity index (χ0n) is 15.7. The molecule has 1 aromatic carbocycles. The number of unbranched alkanes of at least 4 members (excludes halogenated alkanes) is 1. The molecule has 0 fully saturated rings. The summed E-state index contributed by atoms with van der Waals surface area (Å²) in [5.41, 5.74) is 2.73. The highest BCUT2D eigenvalue weighted by Gasteiger charge is 2.21. The van der Waals surface area contributed by atoms with Crippen LogP contribution in [0.5, 0.6) is 0 Å². The summed E-state index contributed by atoms with van der Waals surface area (Å²) < 4.78 is 1.65. The number of benzene rings is 1. The Morgan fingerprint density at radius 3 is 2.52 bits per heavy atom. The molecule has 2 amide bonds. The lowest BCUT2D eigenvalue weighted by Crippen LogP contribution is -2.26. The minimum absolute atomic E-state index is 0.216. The highest BCUT2D eigenvalue weighted by molar-refractivity contribution is 6.08. The van der Waals surface area contributed by atoms with Gasteiger partial charge in [-0.2, -0.15) is 0 Å². The van der Waals surface area contributed by atoms with E-state index in [2.05, 4.69) is 29.5 Å². The molecule has 6 nitrogen and oxygen atoms in total. The molecule has 0 saturated carbocycles. The van der Waals surface area contributed by atoms with Gasteiger partial charge in [-0.15, -0.1) is 0 Å². The van der Waals surface area contributed by atoms with Crippen LogP contribution in [-0.4, -0.2) is 27.7 Å². The van der Waals surface area contributed by atoms with Gasteiger partial charge in [-0.05, 0) is 42.7 Å². The molecule has 2 heterocycles. The second-order valence-corrected chi connectivity index (χ2v) is 6.35. The van der Waals surface area contributed by atoms with Crippen LogP contribution in [-0.2, 0) is 6.42 Å². The molecule has 0 aliphatic heterocycles. The van der Waals surface area contributed by atoms with Crippen LogP contribution in [0, 0.1) is 0 Å². The first-order valence-electron chi connectivity index (χ1n) is 9.29. The Balaban J connectivity index is 1.87. The summed E-state index contributed by atoms with van der Waals surface area (Å²) in [4.78, 5) is 29.6. The van der Waals surface area contributed by atoms with E-state index in [0.717, 1.165) is 19.3 Å². The maximum absolute atomic E-state index is 12.8. The molecule has 0 atom stereocenters. The minimum atomic E-state index is -0.337. The summed E-state index contributed by atoms with van der Waals surface area (Å²) in [6.45, 7) is 4.73. The third-order valence-corrected chi connectivity index (χ3v) is 4.40. The molecule has 0 unspecified atom stereocenters. The molecular formula is C21H24N4O2. The molecular weight excluding hydrogens is 340 g/mol. The largest absolute Gasteiger partial charge is 0.349 e. The predicted octanol–water partition coefficient (Wildman–Crippen LogP) is 3.68. The van der Waals surface area contributed by atoms with Gasteiger partial charge in [0.25, 0.3) is 11.8 Å². The normalized spacial score (nSPS) is 10.7. The molecule has 0 saturated heterocycles. The smallest absolute Gasteiger partial charge is 0.287 e. The number of amides is 2. The van der Waals surface area contributed by atoms with E-state index in [9.17, 15) is 9.59 Å². The predicted molar refractivity (Wildman–Crippen MR) is 106 cm³/mol. The fraction of sp³-hybridized carbons (Fsp3) is 0.286. The van der Waals surface area contributed by atoms with Gasteiger partial charge in [0.2, 0.25) is 5.82 Å². The van der Waals surface area contributed by atoms with Gasteiger partial charge in [-0.1, -0.05) is 38.5 Å². The van der Waals surface area contributed by atoms with E-state index < -0.39 is 0 Å². The van der Waals surface area contributed by atoms with Crippen LogP contribution in [0.25, 0.3) is 5.52 Å². The fourth-order valence-electron chi connectivity index (χ4n) is 2.84. The van der Waals surface area contributed by atoms with Gasteiger partial charge >= 0.3 is 0 Å². The Morgan fingerprint density at radius 1 is 1.04 bits per heavy atom. The summed E-state index contributed by atoms with van der Waals surface area (Å²) in [5.74, 6) is -0.403. The van der Waals surface area contributed by atoms with Crippen molar-refractivity contribution in [3.63, 3.8) is 0 Å². The monoisotopic (exact) mass is 364 g/mol. The van der Waals surface area contributed by atoms with Crippen LogP contribution in [0.3, 0.4) is 0 Å². The molecule has 0 aliphatic rings. The van der Waals surface area contributed by atoms with E-state index in [0.29, 0.717) is 17.7 Å². The third-order valence-electron chi connectivity index (χ3n) is 4.40. The van der Waals surface area contributed by atoms with Crippen LogP contribution in [0.4, 0.5) is 5.69 Å². The van der Waals surface area contributed by atoms with Crippen molar-refractivity contribution in [1.82, 2.24) is 14.7 Å². The Kier molecular flexibility index (Phi) is 5.86. The SMILES string of the molecule is CCCCNC(=O)c1nc(C(=O)Nc2ccc(CC)cc2)c2ccccn12. The molecule has 2 N–H and O–H groups in total. The summed E-state index contributed by atoms with van der Waals surface area (Å²) in [5, 5.41) is 5.71. The number of anilines is 1. The van der Waals surface area contributed by atoms with Crippen molar-refractivity contribution in [2.45, 2.75) is 33.1 Å². The first kappa shape index (κ1) is 18.6. The summed E-state index contributed by atoms with van der Waals surface area (Å²) in [6.07, 6.45) is 4.57. The molecule has 2 aromatic heterocycles. The Morgan fingerprint density at radius 2 is 1.81 bits per heavy atom. The van der Waals surface area contributed by atoms with Crippen molar-refractivity contribution in [3.05, 3.63) is 65.7 Å². The van der Waals surface area contributed by atoms with Crippen LogP contribution in [0.2, 0.25) is 0 Å². The van der Waals surface area contributed by atoms with Gasteiger partial charge in [0.15, 0.2) is 5.69 Å². The molecule has 3 rings (SSSR count). The number of fused-ring (bicyclic) bond motifs is 1. The first-order valence-corrected chi connectivity index (χ1v) is 9.29. The highest BCUT2D eigenvalue weighted by atomic mass is 16.2. The number of hydrogen-bond donors (Lipinski definition) is 2. The van der Waals surface area contributed by atoms with Crippen LogP contribution < -0.4 is 10.6 Å². The fourth-order valence-corrected chi connectivity index (χ4v) is 2.84. The number of hydrogen-bond acceptors (Lipinski definition) is 3. The standard InChI is InChI=1S/C21H24N4O2/c1-3-5-13-22-21(27)19-24-18(17-8-6-7-14-25(17)19)20(26)23-16-11-9-15(4-2)10-12-16/h6-12,14H,3-5,13H2,1-2H3,(H,22,27)(H,23,26). The summed E-state index contributed by atoms with van der Waals surface area (Å²) >= 11 is 0. The number of aromatic nitrogens is 2. The third kappa shape index (κ3) is 4.16. The number of nitrogens with one attached hydrogen (secondary N) is 2. The van der Waals surface area contributed by atoms with Crippen molar-refractivity contribution >= 4 is 23.0 Å². The Labute approximate surface area is 158 Å². The topological polar surface area (TPSA) is 75.5 Å². The van der Waals surface area contributed by atoms with Crippen molar-refractivity contribution in [1.29, 1.82) is 0 Å². The van der Waals surface area contributed by atoms with Gasteiger partial charge in [-0.25, -0.2) is 4.98 Å². The van der Waals surface area contributed by atoms with Gasteiger partial charge < -0.3 is 10.6 Å². The number of aryl methyl sites for hydroxylation is 1. The summed E-state index contributed by atoms with van der Waals surface area (Å²) in [6, 6.07) is 13.1.